The lowest BCUT2D eigenvalue weighted by atomic mass is 10.1. The first-order valence-electron chi connectivity index (χ1n) is 9.17. The molecule has 0 bridgehead atoms. The molecular weight excluding hydrogens is 330 g/mol. The number of aryl methyl sites for hydroxylation is 2. The van der Waals surface area contributed by atoms with Gasteiger partial charge in [-0.25, -0.2) is 0 Å². The van der Waals surface area contributed by atoms with Crippen molar-refractivity contribution < 1.29 is 14.4 Å². The van der Waals surface area contributed by atoms with Gasteiger partial charge in [0.15, 0.2) is 0 Å². The Labute approximate surface area is 154 Å². The summed E-state index contributed by atoms with van der Waals surface area (Å²) in [7, 11) is 0. The van der Waals surface area contributed by atoms with Crippen LogP contribution in [0.3, 0.4) is 0 Å². The van der Waals surface area contributed by atoms with Crippen molar-refractivity contribution in [1.29, 1.82) is 0 Å². The molecule has 140 valence electrons. The molecule has 6 heteroatoms. The summed E-state index contributed by atoms with van der Waals surface area (Å²) in [6.45, 7) is 6.95. The second-order valence-electron chi connectivity index (χ2n) is 7.02. The Morgan fingerprint density at radius 2 is 2.00 bits per heavy atom. The van der Waals surface area contributed by atoms with Crippen molar-refractivity contribution in [3.05, 3.63) is 52.9 Å². The molecule has 1 amide bonds. The lowest BCUT2D eigenvalue weighted by Crippen LogP contribution is -2.37. The molecule has 1 aliphatic rings. The fraction of sp³-hybridized carbons (Fsp3) is 0.500. The second-order valence-corrected chi connectivity index (χ2v) is 7.02. The number of aliphatic hydroxyl groups excluding tert-OH is 1. The fourth-order valence-electron chi connectivity index (χ4n) is 3.52. The standard InChI is InChI=1S/C20H27N3O3/c1-15-19(16(2)26-21-15)8-9-20(25)23-11-10-22(13-18(24)14-23)12-17-6-4-3-5-7-17/h3-7,18,24H,8-14H2,1-2H3/t18-/m0/s1. The van der Waals surface area contributed by atoms with E-state index in [-0.39, 0.29) is 5.91 Å². The number of rotatable bonds is 5. The highest BCUT2D eigenvalue weighted by atomic mass is 16.5. The molecule has 1 fully saturated rings. The Hall–Kier alpha value is -2.18. The van der Waals surface area contributed by atoms with Crippen LogP contribution in [0.4, 0.5) is 0 Å². The normalized spacial score (nSPS) is 18.7. The SMILES string of the molecule is Cc1noc(C)c1CCC(=O)N1CCN(Cc2ccccc2)C[C@H](O)C1. The minimum atomic E-state index is -0.524. The molecule has 3 rings (SSSR count). The van der Waals surface area contributed by atoms with Crippen LogP contribution in [0.2, 0.25) is 0 Å². The second kappa shape index (κ2) is 8.47. The highest BCUT2D eigenvalue weighted by Gasteiger charge is 2.24. The summed E-state index contributed by atoms with van der Waals surface area (Å²) in [5, 5.41) is 14.3. The molecule has 6 nitrogen and oxygen atoms in total. The van der Waals surface area contributed by atoms with Crippen LogP contribution in [0.5, 0.6) is 0 Å². The number of benzene rings is 1. The van der Waals surface area contributed by atoms with Crippen LogP contribution in [0, 0.1) is 13.8 Å². The Morgan fingerprint density at radius 3 is 2.69 bits per heavy atom. The highest BCUT2D eigenvalue weighted by molar-refractivity contribution is 5.76. The van der Waals surface area contributed by atoms with Gasteiger partial charge in [0, 0.05) is 44.7 Å². The number of β-amino-alcohol motifs (C(OH)–C–C–N with tert-alkyl or cyclic N) is 1. The summed E-state index contributed by atoms with van der Waals surface area (Å²) in [4.78, 5) is 16.6. The number of aliphatic hydroxyl groups is 1. The van der Waals surface area contributed by atoms with Crippen molar-refractivity contribution >= 4 is 5.91 Å². The first kappa shape index (κ1) is 18.6. The van der Waals surface area contributed by atoms with Crippen LogP contribution in [0.1, 0.15) is 29.0 Å². The molecule has 1 N–H and O–H groups in total. The number of nitrogens with zero attached hydrogens (tertiary/aromatic N) is 3. The van der Waals surface area contributed by atoms with Crippen LogP contribution >= 0.6 is 0 Å². The van der Waals surface area contributed by atoms with Crippen LogP contribution in [0.15, 0.2) is 34.9 Å². The van der Waals surface area contributed by atoms with Gasteiger partial charge in [0.05, 0.1) is 11.8 Å². The van der Waals surface area contributed by atoms with Crippen LogP contribution in [-0.4, -0.2) is 58.3 Å². The molecule has 2 heterocycles. The zero-order valence-electron chi connectivity index (χ0n) is 15.5. The molecule has 2 aromatic rings. The van der Waals surface area contributed by atoms with Gasteiger partial charge in [-0.3, -0.25) is 9.69 Å². The van der Waals surface area contributed by atoms with Gasteiger partial charge in [-0.05, 0) is 25.8 Å². The Morgan fingerprint density at radius 1 is 1.23 bits per heavy atom. The molecule has 0 unspecified atom stereocenters. The van der Waals surface area contributed by atoms with Crippen molar-refractivity contribution in [2.45, 2.75) is 39.3 Å². The summed E-state index contributed by atoms with van der Waals surface area (Å²) in [5.74, 6) is 0.853. The van der Waals surface area contributed by atoms with Crippen molar-refractivity contribution in [3.8, 4) is 0 Å². The number of hydrogen-bond donors (Lipinski definition) is 1. The summed E-state index contributed by atoms with van der Waals surface area (Å²) in [6.07, 6.45) is 0.512. The van der Waals surface area contributed by atoms with E-state index in [4.69, 9.17) is 4.52 Å². The molecule has 0 aliphatic carbocycles. The molecule has 26 heavy (non-hydrogen) atoms. The number of carbonyl (C=O) groups excluding carboxylic acids is 1. The lowest BCUT2D eigenvalue weighted by molar-refractivity contribution is -0.132. The third-order valence-electron chi connectivity index (χ3n) is 4.96. The van der Waals surface area contributed by atoms with Gasteiger partial charge in [-0.15, -0.1) is 0 Å². The minimum absolute atomic E-state index is 0.0746. The maximum atomic E-state index is 12.6. The third-order valence-corrected chi connectivity index (χ3v) is 4.96. The smallest absolute Gasteiger partial charge is 0.223 e. The van der Waals surface area contributed by atoms with Crippen molar-refractivity contribution in [1.82, 2.24) is 15.0 Å². The monoisotopic (exact) mass is 357 g/mol. The zero-order valence-corrected chi connectivity index (χ0v) is 15.5. The van der Waals surface area contributed by atoms with E-state index in [0.29, 0.717) is 32.5 Å². The van der Waals surface area contributed by atoms with Crippen molar-refractivity contribution in [2.75, 3.05) is 26.2 Å². The molecule has 1 aromatic carbocycles. The van der Waals surface area contributed by atoms with Gasteiger partial charge in [0.1, 0.15) is 5.76 Å². The van der Waals surface area contributed by atoms with Gasteiger partial charge >= 0.3 is 0 Å². The molecule has 0 spiro atoms. The Bertz CT molecular complexity index is 710. The van der Waals surface area contributed by atoms with Crippen LogP contribution in [0.25, 0.3) is 0 Å². The van der Waals surface area contributed by atoms with E-state index >= 15 is 0 Å². The largest absolute Gasteiger partial charge is 0.390 e. The van der Waals surface area contributed by atoms with E-state index in [1.54, 1.807) is 4.90 Å². The van der Waals surface area contributed by atoms with Crippen LogP contribution < -0.4 is 0 Å². The predicted octanol–water partition coefficient (Wildman–Crippen LogP) is 1.93. The minimum Gasteiger partial charge on any atom is -0.390 e. The van der Waals surface area contributed by atoms with Crippen LogP contribution in [-0.2, 0) is 17.8 Å². The Balaban J connectivity index is 1.55. The molecule has 1 aromatic heterocycles. The van der Waals surface area contributed by atoms with E-state index < -0.39 is 6.10 Å². The summed E-state index contributed by atoms with van der Waals surface area (Å²) >= 11 is 0. The van der Waals surface area contributed by atoms with Crippen molar-refractivity contribution in [3.63, 3.8) is 0 Å². The topological polar surface area (TPSA) is 69.8 Å². The summed E-state index contributed by atoms with van der Waals surface area (Å²) < 4.78 is 5.16. The van der Waals surface area contributed by atoms with E-state index in [1.165, 1.54) is 5.56 Å². The van der Waals surface area contributed by atoms with Gasteiger partial charge in [0.25, 0.3) is 0 Å². The maximum Gasteiger partial charge on any atom is 0.223 e. The fourth-order valence-corrected chi connectivity index (χ4v) is 3.52. The molecule has 0 saturated carbocycles. The lowest BCUT2D eigenvalue weighted by Gasteiger charge is -2.22. The maximum absolute atomic E-state index is 12.6. The zero-order chi connectivity index (χ0) is 18.5. The quantitative estimate of drug-likeness (QED) is 0.885. The van der Waals surface area contributed by atoms with Gasteiger partial charge in [0.2, 0.25) is 5.91 Å². The van der Waals surface area contributed by atoms with Gasteiger partial charge < -0.3 is 14.5 Å². The number of hydrogen-bond acceptors (Lipinski definition) is 5. The van der Waals surface area contributed by atoms with Crippen molar-refractivity contribution in [2.24, 2.45) is 0 Å². The van der Waals surface area contributed by atoms with Gasteiger partial charge in [-0.2, -0.15) is 0 Å². The van der Waals surface area contributed by atoms with E-state index in [2.05, 4.69) is 22.2 Å². The molecular formula is C20H27N3O3. The number of aromatic nitrogens is 1. The number of carbonyl (C=O) groups is 1. The summed E-state index contributed by atoms with van der Waals surface area (Å²) in [6, 6.07) is 10.2. The number of amides is 1. The van der Waals surface area contributed by atoms with Gasteiger partial charge in [-0.1, -0.05) is 35.5 Å². The molecule has 0 radical (unpaired) electrons. The predicted molar refractivity (Wildman–Crippen MR) is 98.6 cm³/mol. The first-order chi connectivity index (χ1) is 12.5. The van der Waals surface area contributed by atoms with E-state index in [9.17, 15) is 9.90 Å². The summed E-state index contributed by atoms with van der Waals surface area (Å²) in [5.41, 5.74) is 3.08. The molecule has 1 saturated heterocycles. The highest BCUT2D eigenvalue weighted by Crippen LogP contribution is 2.16. The average Bonchev–Trinajstić information content (AvgIpc) is 2.83. The molecule has 1 atom stereocenters. The van der Waals surface area contributed by atoms with E-state index in [0.717, 1.165) is 30.1 Å². The Kier molecular flexibility index (Phi) is 6.06. The van der Waals surface area contributed by atoms with E-state index in [1.807, 2.05) is 32.0 Å². The first-order valence-corrected chi connectivity index (χ1v) is 9.17. The molecule has 1 aliphatic heterocycles. The average molecular weight is 357 g/mol. The third kappa shape index (κ3) is 4.71.